The molecule has 0 heterocycles. The number of ether oxygens (including phenoxy) is 1. The Morgan fingerprint density at radius 1 is 0.943 bits per heavy atom. The topological polar surface area (TPSA) is 73.9 Å². The third kappa shape index (κ3) is 7.50. The number of rotatable bonds is 13. The van der Waals surface area contributed by atoms with Crippen LogP contribution in [0.4, 0.5) is 11.4 Å². The second-order valence-electron chi connectivity index (χ2n) is 7.84. The number of benzene rings is 3. The highest BCUT2D eigenvalue weighted by molar-refractivity contribution is 7.53. The van der Waals surface area contributed by atoms with Crippen LogP contribution >= 0.6 is 19.2 Å². The number of halogens is 1. The molecule has 0 fully saturated rings. The molecule has 0 saturated heterocycles. The third-order valence-corrected chi connectivity index (χ3v) is 7.66. The molecule has 0 amide bonds. The second kappa shape index (κ2) is 13.0. The molecule has 186 valence electrons. The van der Waals surface area contributed by atoms with Crippen LogP contribution in [0.1, 0.15) is 40.9 Å². The molecule has 35 heavy (non-hydrogen) atoms. The Labute approximate surface area is 212 Å². The molecule has 0 aromatic heterocycles. The van der Waals surface area contributed by atoms with E-state index in [-0.39, 0.29) is 18.6 Å². The van der Waals surface area contributed by atoms with Crippen LogP contribution in [0.25, 0.3) is 0 Å². The fourth-order valence-electron chi connectivity index (χ4n) is 3.59. The van der Waals surface area contributed by atoms with Crippen LogP contribution in [0, 0.1) is 6.92 Å². The van der Waals surface area contributed by atoms with Gasteiger partial charge in [-0.25, -0.2) is 0 Å². The molecule has 0 unspecified atom stereocenters. The summed E-state index contributed by atoms with van der Waals surface area (Å²) in [4.78, 5) is 13.0. The fourth-order valence-corrected chi connectivity index (χ4v) is 5.33. The minimum atomic E-state index is -3.13. The van der Waals surface area contributed by atoms with E-state index >= 15 is 0 Å². The molecular weight excluding hydrogens is 485 g/mol. The molecule has 0 bridgehead atoms. The van der Waals surface area contributed by atoms with Crippen LogP contribution in [-0.2, 0) is 25.0 Å². The van der Waals surface area contributed by atoms with Gasteiger partial charge < -0.3 is 19.1 Å². The van der Waals surface area contributed by atoms with Crippen molar-refractivity contribution in [2.45, 2.75) is 27.4 Å². The van der Waals surface area contributed by atoms with E-state index in [1.165, 1.54) is 0 Å². The van der Waals surface area contributed by atoms with Gasteiger partial charge in [-0.3, -0.25) is 9.36 Å². The predicted octanol–water partition coefficient (Wildman–Crippen LogP) is 7.41. The van der Waals surface area contributed by atoms with Gasteiger partial charge in [0.1, 0.15) is 0 Å². The van der Waals surface area contributed by atoms with Crippen LogP contribution in [0.5, 0.6) is 0 Å². The van der Waals surface area contributed by atoms with Crippen LogP contribution in [0.3, 0.4) is 0 Å². The molecule has 0 atom stereocenters. The Morgan fingerprint density at radius 2 is 1.63 bits per heavy atom. The summed E-state index contributed by atoms with van der Waals surface area (Å²) in [7, 11) is -3.13. The van der Waals surface area contributed by atoms with Crippen molar-refractivity contribution in [1.82, 2.24) is 0 Å². The fraction of sp³-hybridized carbons (Fsp3) is 0.296. The number of carbonyl (C=O) groups is 1. The van der Waals surface area contributed by atoms with Crippen molar-refractivity contribution in [3.8, 4) is 0 Å². The van der Waals surface area contributed by atoms with Gasteiger partial charge in [-0.1, -0.05) is 54.1 Å². The first-order valence-corrected chi connectivity index (χ1v) is 13.7. The van der Waals surface area contributed by atoms with Gasteiger partial charge in [-0.05, 0) is 50.6 Å². The Kier molecular flexibility index (Phi) is 10.1. The smallest absolute Gasteiger partial charge is 0.332 e. The lowest BCUT2D eigenvalue weighted by Crippen LogP contribution is -2.07. The second-order valence-corrected chi connectivity index (χ2v) is 10.4. The Balaban J connectivity index is 1.66. The molecule has 3 aromatic carbocycles. The molecular formula is C27H31ClNO5P. The summed E-state index contributed by atoms with van der Waals surface area (Å²) >= 11 is 6.49. The van der Waals surface area contributed by atoms with Crippen molar-refractivity contribution in [2.75, 3.05) is 31.3 Å². The normalized spacial score (nSPS) is 11.4. The lowest BCUT2D eigenvalue weighted by atomic mass is 9.99. The summed E-state index contributed by atoms with van der Waals surface area (Å²) < 4.78 is 29.0. The van der Waals surface area contributed by atoms with E-state index in [2.05, 4.69) is 5.32 Å². The van der Waals surface area contributed by atoms with Crippen molar-refractivity contribution in [1.29, 1.82) is 0 Å². The zero-order chi connectivity index (χ0) is 25.3. The number of anilines is 2. The van der Waals surface area contributed by atoms with Crippen molar-refractivity contribution in [3.05, 3.63) is 94.0 Å². The van der Waals surface area contributed by atoms with Gasteiger partial charge >= 0.3 is 7.60 Å². The van der Waals surface area contributed by atoms with Crippen LogP contribution in [-0.4, -0.2) is 31.8 Å². The standard InChI is InChI=1S/C27H31ClNO5P/c1-4-33-35(31,34-5-2)17-16-32-19-21-11-7-9-13-26(21)29-22-14-15-24(25(28)18-22)27(30)23-12-8-6-10-20(23)3/h6-15,18,29H,4-5,16-17,19H2,1-3H3. The van der Waals surface area contributed by atoms with Crippen molar-refractivity contribution in [2.24, 2.45) is 0 Å². The largest absolute Gasteiger partial charge is 0.376 e. The summed E-state index contributed by atoms with van der Waals surface area (Å²) in [5, 5.41) is 3.72. The molecule has 0 aliphatic carbocycles. The lowest BCUT2D eigenvalue weighted by molar-refractivity contribution is 0.103. The third-order valence-electron chi connectivity index (χ3n) is 5.32. The average molecular weight is 516 g/mol. The number of aryl methyl sites for hydroxylation is 1. The van der Waals surface area contributed by atoms with Crippen molar-refractivity contribution in [3.63, 3.8) is 0 Å². The van der Waals surface area contributed by atoms with Gasteiger partial charge in [0.2, 0.25) is 0 Å². The molecule has 0 aliphatic rings. The highest BCUT2D eigenvalue weighted by Crippen LogP contribution is 2.47. The summed E-state index contributed by atoms with van der Waals surface area (Å²) in [5.41, 5.74) is 4.52. The molecule has 8 heteroatoms. The van der Waals surface area contributed by atoms with Gasteiger partial charge in [-0.15, -0.1) is 0 Å². The molecule has 0 aliphatic heterocycles. The molecule has 3 aromatic rings. The van der Waals surface area contributed by atoms with Crippen LogP contribution < -0.4 is 5.32 Å². The molecule has 0 saturated carbocycles. The number of hydrogen-bond donors (Lipinski definition) is 1. The first-order chi connectivity index (χ1) is 16.9. The monoisotopic (exact) mass is 515 g/mol. The summed E-state index contributed by atoms with van der Waals surface area (Å²) in [6.45, 7) is 6.68. The number of para-hydroxylation sites is 1. The number of ketones is 1. The number of nitrogens with one attached hydrogen (secondary N) is 1. The molecule has 0 radical (unpaired) electrons. The summed E-state index contributed by atoms with van der Waals surface area (Å²) in [5.74, 6) is -0.107. The average Bonchev–Trinajstić information content (AvgIpc) is 2.83. The van der Waals surface area contributed by atoms with Crippen LogP contribution in [0.2, 0.25) is 5.02 Å². The molecule has 1 N–H and O–H groups in total. The van der Waals surface area contributed by atoms with Gasteiger partial charge in [0.05, 0.1) is 37.6 Å². The van der Waals surface area contributed by atoms with E-state index in [0.717, 1.165) is 22.5 Å². The Hall–Kier alpha value is -2.47. The first-order valence-electron chi connectivity index (χ1n) is 11.6. The number of hydrogen-bond acceptors (Lipinski definition) is 6. The van der Waals surface area contributed by atoms with E-state index in [4.69, 9.17) is 25.4 Å². The van der Waals surface area contributed by atoms with Crippen LogP contribution in [0.15, 0.2) is 66.7 Å². The zero-order valence-corrected chi connectivity index (χ0v) is 21.9. The van der Waals surface area contributed by atoms with E-state index in [1.807, 2.05) is 55.5 Å². The lowest BCUT2D eigenvalue weighted by Gasteiger charge is -2.17. The van der Waals surface area contributed by atoms with E-state index in [9.17, 15) is 9.36 Å². The van der Waals surface area contributed by atoms with E-state index < -0.39 is 7.60 Å². The Morgan fingerprint density at radius 3 is 2.31 bits per heavy atom. The van der Waals surface area contributed by atoms with Gasteiger partial charge in [0, 0.05) is 28.1 Å². The van der Waals surface area contributed by atoms with E-state index in [0.29, 0.717) is 36.0 Å². The van der Waals surface area contributed by atoms with Gasteiger partial charge in [-0.2, -0.15) is 0 Å². The number of carbonyl (C=O) groups excluding carboxylic acids is 1. The maximum Gasteiger partial charge on any atom is 0.332 e. The quantitative estimate of drug-likeness (QED) is 0.145. The zero-order valence-electron chi connectivity index (χ0n) is 20.3. The van der Waals surface area contributed by atoms with Gasteiger partial charge in [0.25, 0.3) is 0 Å². The SMILES string of the molecule is CCOP(=O)(CCOCc1ccccc1Nc1ccc(C(=O)c2ccccc2C)c(Cl)c1)OCC. The molecule has 6 nitrogen and oxygen atoms in total. The minimum absolute atomic E-state index is 0.107. The van der Waals surface area contributed by atoms with Gasteiger partial charge in [0.15, 0.2) is 5.78 Å². The summed E-state index contributed by atoms with van der Waals surface area (Å²) in [6, 6.07) is 20.5. The maximum absolute atomic E-state index is 13.0. The summed E-state index contributed by atoms with van der Waals surface area (Å²) in [6.07, 6.45) is 0.191. The van der Waals surface area contributed by atoms with Crippen molar-refractivity contribution < 1.29 is 23.1 Å². The first kappa shape index (κ1) is 27.1. The molecule has 3 rings (SSSR count). The van der Waals surface area contributed by atoms with Crippen molar-refractivity contribution >= 4 is 36.4 Å². The predicted molar refractivity (Wildman–Crippen MR) is 141 cm³/mol. The minimum Gasteiger partial charge on any atom is -0.376 e. The highest BCUT2D eigenvalue weighted by Gasteiger charge is 2.23. The maximum atomic E-state index is 13.0. The highest BCUT2D eigenvalue weighted by atomic mass is 35.5. The van der Waals surface area contributed by atoms with E-state index in [1.54, 1.807) is 32.0 Å². The molecule has 0 spiro atoms. The Bertz CT molecular complexity index is 1190.